The molecule has 0 unspecified atom stereocenters. The maximum Gasteiger partial charge on any atom is 0.239 e. The Morgan fingerprint density at radius 1 is 1.47 bits per heavy atom. The molecule has 0 radical (unpaired) electrons. The number of fused-ring (bicyclic) bond motifs is 1. The predicted molar refractivity (Wildman–Crippen MR) is 69.2 cm³/mol. The molecule has 1 aliphatic rings. The molecule has 0 N–H and O–H groups in total. The molecular weight excluding hydrogens is 284 g/mol. The van der Waals surface area contributed by atoms with Crippen LogP contribution in [0, 0.1) is 5.41 Å². The molecule has 1 aromatic rings. The lowest BCUT2D eigenvalue weighted by Crippen LogP contribution is -2.44. The molecule has 1 amide bonds. The molecule has 0 aliphatic carbocycles. The predicted octanol–water partition coefficient (Wildman–Crippen LogP) is 2.62. The molecule has 0 fully saturated rings. The van der Waals surface area contributed by atoms with Gasteiger partial charge in [0.15, 0.2) is 0 Å². The number of aromatic nitrogens is 1. The van der Waals surface area contributed by atoms with Crippen LogP contribution in [-0.2, 0) is 4.79 Å². The van der Waals surface area contributed by atoms with Crippen molar-refractivity contribution < 1.29 is 9.53 Å². The Kier molecular flexibility index (Phi) is 3.12. The molecule has 5 heteroatoms. The van der Waals surface area contributed by atoms with Crippen LogP contribution in [0.5, 0.6) is 5.88 Å². The molecular formula is C12H15BrN2O2. The molecule has 1 aromatic heterocycles. The lowest BCUT2D eigenvalue weighted by Gasteiger charge is -2.33. The number of carbonyl (C=O) groups excluding carboxylic acids is 1. The van der Waals surface area contributed by atoms with Crippen LogP contribution in [-0.4, -0.2) is 24.0 Å². The lowest BCUT2D eigenvalue weighted by molar-refractivity contribution is -0.126. The second-order valence-corrected chi connectivity index (χ2v) is 5.83. The summed E-state index contributed by atoms with van der Waals surface area (Å²) in [6.07, 6.45) is 0. The number of anilines is 1. The fraction of sp³-hybridized carbons (Fsp3) is 0.500. The zero-order valence-electron chi connectivity index (χ0n) is 10.2. The van der Waals surface area contributed by atoms with E-state index in [-0.39, 0.29) is 5.91 Å². The average Bonchev–Trinajstić information content (AvgIpc) is 2.25. The minimum Gasteiger partial charge on any atom is -0.474 e. The number of hydrogen-bond donors (Lipinski definition) is 0. The van der Waals surface area contributed by atoms with Gasteiger partial charge in [0.25, 0.3) is 0 Å². The van der Waals surface area contributed by atoms with Crippen molar-refractivity contribution in [1.29, 1.82) is 0 Å². The molecule has 1 aliphatic heterocycles. The van der Waals surface area contributed by atoms with Gasteiger partial charge in [-0.15, -0.1) is 0 Å². The van der Waals surface area contributed by atoms with Gasteiger partial charge in [-0.3, -0.25) is 4.79 Å². The summed E-state index contributed by atoms with van der Waals surface area (Å²) < 4.78 is 6.17. The van der Waals surface area contributed by atoms with Crippen LogP contribution < -0.4 is 9.64 Å². The van der Waals surface area contributed by atoms with Gasteiger partial charge in [0.05, 0.1) is 6.54 Å². The average molecular weight is 299 g/mol. The summed E-state index contributed by atoms with van der Waals surface area (Å²) >= 11 is 3.29. The van der Waals surface area contributed by atoms with Crippen molar-refractivity contribution in [2.75, 3.05) is 18.1 Å². The van der Waals surface area contributed by atoms with Gasteiger partial charge < -0.3 is 9.64 Å². The van der Waals surface area contributed by atoms with Crippen LogP contribution in [0.3, 0.4) is 0 Å². The van der Waals surface area contributed by atoms with Crippen LogP contribution >= 0.6 is 15.9 Å². The SMILES string of the molecule is CC(C)(C)C(=O)N1CCOc2nc(Br)ccc21. The number of hydrogen-bond acceptors (Lipinski definition) is 3. The van der Waals surface area contributed by atoms with E-state index in [4.69, 9.17) is 4.74 Å². The smallest absolute Gasteiger partial charge is 0.239 e. The molecule has 0 saturated carbocycles. The molecule has 2 rings (SSSR count). The van der Waals surface area contributed by atoms with Gasteiger partial charge in [-0.25, -0.2) is 4.98 Å². The van der Waals surface area contributed by atoms with E-state index in [0.717, 1.165) is 5.69 Å². The van der Waals surface area contributed by atoms with Gasteiger partial charge in [-0.2, -0.15) is 0 Å². The van der Waals surface area contributed by atoms with Crippen molar-refractivity contribution in [2.24, 2.45) is 5.41 Å². The Balaban J connectivity index is 2.39. The highest BCUT2D eigenvalue weighted by molar-refractivity contribution is 9.10. The van der Waals surface area contributed by atoms with E-state index < -0.39 is 5.41 Å². The van der Waals surface area contributed by atoms with E-state index in [1.165, 1.54) is 0 Å². The summed E-state index contributed by atoms with van der Waals surface area (Å²) in [7, 11) is 0. The van der Waals surface area contributed by atoms with Crippen molar-refractivity contribution in [3.8, 4) is 5.88 Å². The van der Waals surface area contributed by atoms with Crippen molar-refractivity contribution in [3.05, 3.63) is 16.7 Å². The summed E-state index contributed by atoms with van der Waals surface area (Å²) in [4.78, 5) is 18.3. The third-order valence-corrected chi connectivity index (χ3v) is 2.98. The van der Waals surface area contributed by atoms with E-state index in [2.05, 4.69) is 20.9 Å². The van der Waals surface area contributed by atoms with Gasteiger partial charge in [0, 0.05) is 5.41 Å². The molecule has 0 bridgehead atoms. The normalized spacial score (nSPS) is 15.2. The number of carbonyl (C=O) groups is 1. The Morgan fingerprint density at radius 3 is 2.82 bits per heavy atom. The van der Waals surface area contributed by atoms with Crippen LogP contribution in [0.25, 0.3) is 0 Å². The summed E-state index contributed by atoms with van der Waals surface area (Å²) in [6.45, 7) is 6.80. The topological polar surface area (TPSA) is 42.4 Å². The van der Waals surface area contributed by atoms with Gasteiger partial charge in [-0.1, -0.05) is 20.8 Å². The highest BCUT2D eigenvalue weighted by Gasteiger charge is 2.32. The van der Waals surface area contributed by atoms with Crippen molar-refractivity contribution >= 4 is 27.5 Å². The maximum atomic E-state index is 12.3. The van der Waals surface area contributed by atoms with Crippen molar-refractivity contribution in [3.63, 3.8) is 0 Å². The summed E-state index contributed by atoms with van der Waals surface area (Å²) in [5, 5.41) is 0. The standard InChI is InChI=1S/C12H15BrN2O2/c1-12(2,3)11(16)15-6-7-17-10-8(15)4-5-9(13)14-10/h4-5H,6-7H2,1-3H3. The Hall–Kier alpha value is -1.10. The van der Waals surface area contributed by atoms with E-state index in [1.807, 2.05) is 32.9 Å². The monoisotopic (exact) mass is 298 g/mol. The van der Waals surface area contributed by atoms with Gasteiger partial charge in [-0.05, 0) is 28.1 Å². The summed E-state index contributed by atoms with van der Waals surface area (Å²) in [5.74, 6) is 0.606. The fourth-order valence-electron chi connectivity index (χ4n) is 1.69. The first-order valence-corrected chi connectivity index (χ1v) is 6.30. The highest BCUT2D eigenvalue weighted by Crippen LogP contribution is 2.33. The van der Waals surface area contributed by atoms with Gasteiger partial charge in [0.2, 0.25) is 11.8 Å². The van der Waals surface area contributed by atoms with E-state index in [9.17, 15) is 4.79 Å². The summed E-state index contributed by atoms with van der Waals surface area (Å²) in [6, 6.07) is 3.67. The van der Waals surface area contributed by atoms with Crippen molar-refractivity contribution in [2.45, 2.75) is 20.8 Å². The Labute approximate surface area is 109 Å². The molecule has 92 valence electrons. The third kappa shape index (κ3) is 2.44. The van der Waals surface area contributed by atoms with Crippen LogP contribution in [0.1, 0.15) is 20.8 Å². The van der Waals surface area contributed by atoms with Gasteiger partial charge >= 0.3 is 0 Å². The molecule has 2 heterocycles. The van der Waals surface area contributed by atoms with Crippen molar-refractivity contribution in [1.82, 2.24) is 4.98 Å². The number of amides is 1. The molecule has 0 saturated heterocycles. The Morgan fingerprint density at radius 2 is 2.18 bits per heavy atom. The second-order valence-electron chi connectivity index (χ2n) is 5.01. The third-order valence-electron chi connectivity index (χ3n) is 2.54. The van der Waals surface area contributed by atoms with Crippen LogP contribution in [0.4, 0.5) is 5.69 Å². The first-order chi connectivity index (χ1) is 7.89. The first kappa shape index (κ1) is 12.4. The minimum atomic E-state index is -0.401. The van der Waals surface area contributed by atoms with E-state index in [0.29, 0.717) is 23.6 Å². The fourth-order valence-corrected chi connectivity index (χ4v) is 1.99. The number of ether oxygens (including phenoxy) is 1. The lowest BCUT2D eigenvalue weighted by atomic mass is 9.94. The summed E-state index contributed by atoms with van der Waals surface area (Å²) in [5.41, 5.74) is 0.348. The number of halogens is 1. The number of nitrogens with zero attached hydrogens (tertiary/aromatic N) is 2. The van der Waals surface area contributed by atoms with E-state index in [1.54, 1.807) is 4.90 Å². The van der Waals surface area contributed by atoms with Crippen LogP contribution in [0.2, 0.25) is 0 Å². The molecule has 0 atom stereocenters. The van der Waals surface area contributed by atoms with Crippen LogP contribution in [0.15, 0.2) is 16.7 Å². The minimum absolute atomic E-state index is 0.0890. The number of rotatable bonds is 0. The zero-order chi connectivity index (χ0) is 12.6. The maximum absolute atomic E-state index is 12.3. The molecule has 17 heavy (non-hydrogen) atoms. The zero-order valence-corrected chi connectivity index (χ0v) is 11.7. The molecule has 0 aromatic carbocycles. The number of pyridine rings is 1. The van der Waals surface area contributed by atoms with Gasteiger partial charge in [0.1, 0.15) is 16.9 Å². The quantitative estimate of drug-likeness (QED) is 0.692. The first-order valence-electron chi connectivity index (χ1n) is 5.51. The van der Waals surface area contributed by atoms with E-state index >= 15 is 0 Å². The Bertz CT molecular complexity index is 454. The molecule has 4 nitrogen and oxygen atoms in total. The second kappa shape index (κ2) is 4.29. The largest absolute Gasteiger partial charge is 0.474 e. The molecule has 0 spiro atoms. The highest BCUT2D eigenvalue weighted by atomic mass is 79.9.